The van der Waals surface area contributed by atoms with Crippen molar-refractivity contribution >= 4 is 38.2 Å². The molecule has 0 aliphatic rings. The second-order valence-corrected chi connectivity index (χ2v) is 9.93. The number of rotatable bonds is 10. The summed E-state index contributed by atoms with van der Waals surface area (Å²) in [6, 6.07) is 14.9. The van der Waals surface area contributed by atoms with E-state index in [1.807, 2.05) is 30.3 Å². The number of carbonyl (C=O) groups excluding carboxylic acids is 2. The maximum atomic E-state index is 12.8. The summed E-state index contributed by atoms with van der Waals surface area (Å²) in [4.78, 5) is 29.7. The highest BCUT2D eigenvalue weighted by molar-refractivity contribution is 7.89. The predicted octanol–water partition coefficient (Wildman–Crippen LogP) is 4.63. The molecule has 0 bridgehead atoms. The number of benzene rings is 2. The fourth-order valence-electron chi connectivity index (χ4n) is 3.06. The van der Waals surface area contributed by atoms with Gasteiger partial charge < -0.3 is 0 Å². The third-order valence-electron chi connectivity index (χ3n) is 4.63. The maximum absolute atomic E-state index is 12.8. The van der Waals surface area contributed by atoms with Crippen molar-refractivity contribution < 1.29 is 18.0 Å². The summed E-state index contributed by atoms with van der Waals surface area (Å²) in [5.74, 6) is -0.610. The minimum Gasteiger partial charge on any atom is -0.298 e. The van der Waals surface area contributed by atoms with E-state index in [9.17, 15) is 18.0 Å². The van der Waals surface area contributed by atoms with Gasteiger partial charge in [0, 0.05) is 31.1 Å². The zero-order chi connectivity index (χ0) is 24.0. The number of hydrogen-bond donors (Lipinski definition) is 1. The summed E-state index contributed by atoms with van der Waals surface area (Å²) in [6.45, 7) is 8.91. The van der Waals surface area contributed by atoms with Crippen LogP contribution in [0.25, 0.3) is 11.3 Å². The van der Waals surface area contributed by atoms with Crippen LogP contribution in [0, 0.1) is 0 Å². The second-order valence-electron chi connectivity index (χ2n) is 7.00. The first-order valence-electron chi connectivity index (χ1n) is 9.98. The topological polar surface area (TPSA) is 96.4 Å². The van der Waals surface area contributed by atoms with E-state index in [1.54, 1.807) is 0 Å². The minimum atomic E-state index is -3.76. The molecular formula is C24H23N3O4S2. The highest BCUT2D eigenvalue weighted by Gasteiger charge is 2.23. The third-order valence-corrected chi connectivity index (χ3v) is 7.55. The van der Waals surface area contributed by atoms with Gasteiger partial charge in [-0.25, -0.2) is 13.4 Å². The number of sulfonamides is 1. The van der Waals surface area contributed by atoms with Gasteiger partial charge in [0.2, 0.25) is 10.0 Å². The van der Waals surface area contributed by atoms with Crippen LogP contribution in [-0.4, -0.2) is 42.5 Å². The summed E-state index contributed by atoms with van der Waals surface area (Å²) in [6.07, 6.45) is 2.99. The van der Waals surface area contributed by atoms with Crippen LogP contribution >= 0.6 is 11.3 Å². The monoisotopic (exact) mass is 481 g/mol. The molecule has 2 aromatic carbocycles. The Morgan fingerprint density at radius 1 is 1.03 bits per heavy atom. The number of anilines is 1. The normalized spacial score (nSPS) is 11.2. The molecule has 1 heterocycles. The molecule has 0 radical (unpaired) electrons. The number of aromatic nitrogens is 1. The maximum Gasteiger partial charge on any atom is 0.257 e. The molecule has 0 unspecified atom stereocenters. The molecule has 9 heteroatoms. The number of nitrogens with one attached hydrogen (secondary N) is 1. The molecule has 0 aliphatic carbocycles. The highest BCUT2D eigenvalue weighted by atomic mass is 32.2. The van der Waals surface area contributed by atoms with Crippen molar-refractivity contribution in [1.29, 1.82) is 0 Å². The molecule has 0 aliphatic heterocycles. The zero-order valence-corrected chi connectivity index (χ0v) is 19.7. The summed E-state index contributed by atoms with van der Waals surface area (Å²) in [7, 11) is -3.76. The van der Waals surface area contributed by atoms with Crippen LogP contribution in [0.5, 0.6) is 0 Å². The van der Waals surface area contributed by atoms with E-state index in [0.29, 0.717) is 10.6 Å². The Balaban J connectivity index is 1.82. The zero-order valence-electron chi connectivity index (χ0n) is 18.0. The van der Waals surface area contributed by atoms with Crippen molar-refractivity contribution in [3.05, 3.63) is 90.3 Å². The summed E-state index contributed by atoms with van der Waals surface area (Å²) in [5, 5.41) is 2.98. The molecule has 0 fully saturated rings. The quantitative estimate of drug-likeness (QED) is 0.336. The number of hydrogen-bond acceptors (Lipinski definition) is 6. The van der Waals surface area contributed by atoms with Crippen molar-refractivity contribution in [2.75, 3.05) is 18.4 Å². The van der Waals surface area contributed by atoms with Crippen LogP contribution in [0.1, 0.15) is 27.0 Å². The van der Waals surface area contributed by atoms with Crippen molar-refractivity contribution in [2.45, 2.75) is 11.8 Å². The first-order valence-corrected chi connectivity index (χ1v) is 12.2. The van der Waals surface area contributed by atoms with Gasteiger partial charge in [0.05, 0.1) is 15.5 Å². The Bertz CT molecular complexity index is 1270. The van der Waals surface area contributed by atoms with Crippen LogP contribution in [0.4, 0.5) is 5.13 Å². The SMILES string of the molecule is C=CCN(CC=C)S(=O)(=O)c1ccc(C(=O)Nc2nc(-c3ccccc3)c(C(C)=O)s2)cc1. The molecule has 1 amide bonds. The molecular weight excluding hydrogens is 458 g/mol. The summed E-state index contributed by atoms with van der Waals surface area (Å²) < 4.78 is 26.9. The van der Waals surface area contributed by atoms with E-state index < -0.39 is 15.9 Å². The molecule has 1 N–H and O–H groups in total. The lowest BCUT2D eigenvalue weighted by Gasteiger charge is -2.19. The van der Waals surface area contributed by atoms with E-state index >= 15 is 0 Å². The molecule has 3 rings (SSSR count). The lowest BCUT2D eigenvalue weighted by molar-refractivity contribution is 0.101. The molecule has 3 aromatic rings. The Labute approximate surface area is 197 Å². The van der Waals surface area contributed by atoms with Crippen LogP contribution in [0.15, 0.2) is 84.8 Å². The molecule has 170 valence electrons. The van der Waals surface area contributed by atoms with Gasteiger partial charge >= 0.3 is 0 Å². The smallest absolute Gasteiger partial charge is 0.257 e. The largest absolute Gasteiger partial charge is 0.298 e. The van der Waals surface area contributed by atoms with Crippen LogP contribution in [0.2, 0.25) is 0 Å². The summed E-state index contributed by atoms with van der Waals surface area (Å²) >= 11 is 1.09. The molecule has 0 saturated heterocycles. The molecule has 0 saturated carbocycles. The molecule has 7 nitrogen and oxygen atoms in total. The van der Waals surface area contributed by atoms with Gasteiger partial charge in [0.15, 0.2) is 10.9 Å². The lowest BCUT2D eigenvalue weighted by atomic mass is 10.1. The highest BCUT2D eigenvalue weighted by Crippen LogP contribution is 2.31. The number of amides is 1. The van der Waals surface area contributed by atoms with Crippen LogP contribution in [-0.2, 0) is 10.0 Å². The minimum absolute atomic E-state index is 0.0576. The van der Waals surface area contributed by atoms with E-state index in [4.69, 9.17) is 0 Å². The standard InChI is InChI=1S/C24H23N3O4S2/c1-4-15-27(16-5-2)33(30,31)20-13-11-19(12-14-20)23(29)26-24-25-21(22(32-24)17(3)28)18-9-7-6-8-10-18/h4-14H,1-2,15-16H2,3H3,(H,25,26,29). The van der Waals surface area contributed by atoms with E-state index in [-0.39, 0.29) is 34.5 Å². The van der Waals surface area contributed by atoms with Gasteiger partial charge in [0.25, 0.3) is 5.91 Å². The van der Waals surface area contributed by atoms with Gasteiger partial charge in [-0.15, -0.1) is 13.2 Å². The van der Waals surface area contributed by atoms with E-state index in [1.165, 1.54) is 47.6 Å². The van der Waals surface area contributed by atoms with E-state index in [0.717, 1.165) is 16.9 Å². The average Bonchev–Trinajstić information content (AvgIpc) is 3.24. The number of nitrogens with zero attached hydrogens (tertiary/aromatic N) is 2. The van der Waals surface area contributed by atoms with Crippen molar-refractivity contribution in [3.63, 3.8) is 0 Å². The number of Topliss-reactive ketones (excluding diaryl/α,β-unsaturated/α-hetero) is 1. The fraction of sp³-hybridized carbons (Fsp3) is 0.125. The van der Waals surface area contributed by atoms with Gasteiger partial charge in [-0.3, -0.25) is 14.9 Å². The van der Waals surface area contributed by atoms with Crippen molar-refractivity contribution in [3.8, 4) is 11.3 Å². The molecule has 33 heavy (non-hydrogen) atoms. The number of ketones is 1. The second kappa shape index (κ2) is 10.5. The van der Waals surface area contributed by atoms with Gasteiger partial charge in [0.1, 0.15) is 0 Å². The number of thiazole rings is 1. The fourth-order valence-corrected chi connectivity index (χ4v) is 5.32. The molecule has 1 aromatic heterocycles. The number of carbonyl (C=O) groups is 2. The van der Waals surface area contributed by atoms with Crippen LogP contribution < -0.4 is 5.32 Å². The van der Waals surface area contributed by atoms with Crippen LogP contribution in [0.3, 0.4) is 0 Å². The Kier molecular flexibility index (Phi) is 7.70. The van der Waals surface area contributed by atoms with Gasteiger partial charge in [-0.05, 0) is 24.3 Å². The predicted molar refractivity (Wildman–Crippen MR) is 131 cm³/mol. The molecule has 0 atom stereocenters. The first kappa shape index (κ1) is 24.2. The van der Waals surface area contributed by atoms with E-state index in [2.05, 4.69) is 23.5 Å². The lowest BCUT2D eigenvalue weighted by Crippen LogP contribution is -2.31. The average molecular weight is 482 g/mol. The van der Waals surface area contributed by atoms with Gasteiger partial charge in [-0.2, -0.15) is 4.31 Å². The first-order chi connectivity index (χ1) is 15.8. The Morgan fingerprint density at radius 2 is 1.64 bits per heavy atom. The Hall–Kier alpha value is -3.40. The van der Waals surface area contributed by atoms with Crippen molar-refractivity contribution in [2.24, 2.45) is 0 Å². The summed E-state index contributed by atoms with van der Waals surface area (Å²) in [5.41, 5.74) is 1.54. The van der Waals surface area contributed by atoms with Gasteiger partial charge in [-0.1, -0.05) is 53.8 Å². The molecule has 0 spiro atoms. The van der Waals surface area contributed by atoms with Crippen molar-refractivity contribution in [1.82, 2.24) is 9.29 Å². The Morgan fingerprint density at radius 3 is 2.18 bits per heavy atom. The third kappa shape index (κ3) is 5.51.